The van der Waals surface area contributed by atoms with E-state index in [0.717, 1.165) is 22.6 Å². The number of halogens is 1. The SMILES string of the molecule is CNc1cc(C)nc(Nc2nc3c(c(C4=CCN(C(=O)OC(C)(C)C)CCC4)c2F)OCC3)c1. The number of hydrogen-bond acceptors (Lipinski definition) is 7. The monoisotopic (exact) mass is 469 g/mol. The number of aryl methyl sites for hydroxylation is 1. The van der Waals surface area contributed by atoms with Crippen molar-refractivity contribution in [2.24, 2.45) is 0 Å². The summed E-state index contributed by atoms with van der Waals surface area (Å²) in [6, 6.07) is 3.71. The molecule has 182 valence electrons. The van der Waals surface area contributed by atoms with E-state index in [9.17, 15) is 4.79 Å². The number of carbonyl (C=O) groups excluding carboxylic acids is 1. The van der Waals surface area contributed by atoms with E-state index in [1.807, 2.05) is 46.9 Å². The van der Waals surface area contributed by atoms with Crippen molar-refractivity contribution in [3.8, 4) is 5.75 Å². The first-order valence-corrected chi connectivity index (χ1v) is 11.6. The van der Waals surface area contributed by atoms with Gasteiger partial charge in [-0.25, -0.2) is 19.2 Å². The molecule has 0 saturated heterocycles. The van der Waals surface area contributed by atoms with E-state index < -0.39 is 11.4 Å². The Morgan fingerprint density at radius 1 is 1.24 bits per heavy atom. The minimum Gasteiger partial charge on any atom is -0.491 e. The second-order valence-electron chi connectivity index (χ2n) is 9.54. The standard InChI is InChI=1S/C25H32FN5O3/c1-15-13-17(27-5)14-19(28-15)30-23-21(26)20(22-18(29-23)9-12-33-22)16-7-6-10-31(11-8-16)24(32)34-25(2,3)4/h8,13-14H,6-7,9-12H2,1-5H3,(H2,27,28,29,30). The first-order chi connectivity index (χ1) is 16.1. The molecule has 0 bridgehead atoms. The number of fused-ring (bicyclic) bond motifs is 1. The van der Waals surface area contributed by atoms with Gasteiger partial charge in [-0.1, -0.05) is 6.08 Å². The van der Waals surface area contributed by atoms with Crippen LogP contribution in [0.25, 0.3) is 5.57 Å². The molecule has 8 nitrogen and oxygen atoms in total. The van der Waals surface area contributed by atoms with Gasteiger partial charge < -0.3 is 25.0 Å². The van der Waals surface area contributed by atoms with Gasteiger partial charge in [-0.05, 0) is 52.2 Å². The first-order valence-electron chi connectivity index (χ1n) is 11.6. The van der Waals surface area contributed by atoms with Crippen molar-refractivity contribution in [3.63, 3.8) is 0 Å². The Morgan fingerprint density at radius 3 is 2.76 bits per heavy atom. The third kappa shape index (κ3) is 5.24. The number of anilines is 3. The molecule has 2 N–H and O–H groups in total. The van der Waals surface area contributed by atoms with Crippen molar-refractivity contribution in [2.75, 3.05) is 37.4 Å². The lowest BCUT2D eigenvalue weighted by Gasteiger charge is -2.25. The molecule has 0 unspecified atom stereocenters. The summed E-state index contributed by atoms with van der Waals surface area (Å²) < 4.78 is 27.2. The Bertz CT molecular complexity index is 1130. The molecule has 0 saturated carbocycles. The largest absolute Gasteiger partial charge is 0.491 e. The first kappa shape index (κ1) is 23.8. The molecule has 4 heterocycles. The van der Waals surface area contributed by atoms with E-state index in [1.54, 1.807) is 11.0 Å². The van der Waals surface area contributed by atoms with Crippen molar-refractivity contribution in [2.45, 2.75) is 52.6 Å². The third-order valence-corrected chi connectivity index (χ3v) is 5.64. The maximum atomic E-state index is 15.9. The molecular weight excluding hydrogens is 437 g/mol. The number of hydrogen-bond donors (Lipinski definition) is 2. The topological polar surface area (TPSA) is 88.6 Å². The molecule has 0 spiro atoms. The lowest BCUT2D eigenvalue weighted by Crippen LogP contribution is -2.37. The van der Waals surface area contributed by atoms with Crippen molar-refractivity contribution in [1.82, 2.24) is 14.9 Å². The predicted molar refractivity (Wildman–Crippen MR) is 130 cm³/mol. The fraction of sp³-hybridized carbons (Fsp3) is 0.480. The lowest BCUT2D eigenvalue weighted by atomic mass is 9.99. The van der Waals surface area contributed by atoms with Crippen molar-refractivity contribution in [1.29, 1.82) is 0 Å². The minimum absolute atomic E-state index is 0.119. The molecule has 2 aromatic rings. The minimum atomic E-state index is -0.570. The van der Waals surface area contributed by atoms with Gasteiger partial charge in [0.05, 0.1) is 17.9 Å². The van der Waals surface area contributed by atoms with E-state index in [4.69, 9.17) is 9.47 Å². The maximum absolute atomic E-state index is 15.9. The van der Waals surface area contributed by atoms with Gasteiger partial charge in [0.2, 0.25) is 0 Å². The van der Waals surface area contributed by atoms with Gasteiger partial charge in [0.25, 0.3) is 0 Å². The summed E-state index contributed by atoms with van der Waals surface area (Å²) in [4.78, 5) is 23.2. The second-order valence-corrected chi connectivity index (χ2v) is 9.54. The molecule has 2 aromatic heterocycles. The van der Waals surface area contributed by atoms with Gasteiger partial charge >= 0.3 is 6.09 Å². The summed E-state index contributed by atoms with van der Waals surface area (Å²) in [5, 5.41) is 6.14. The number of nitrogens with one attached hydrogen (secondary N) is 2. The van der Waals surface area contributed by atoms with Crippen LogP contribution in [-0.4, -0.2) is 53.3 Å². The molecule has 2 aliphatic heterocycles. The molecule has 2 aliphatic rings. The number of rotatable bonds is 4. The third-order valence-electron chi connectivity index (χ3n) is 5.64. The normalized spacial score (nSPS) is 15.7. The van der Waals surface area contributed by atoms with Crippen LogP contribution in [0.4, 0.5) is 26.5 Å². The van der Waals surface area contributed by atoms with Gasteiger partial charge in [0.15, 0.2) is 17.4 Å². The lowest BCUT2D eigenvalue weighted by molar-refractivity contribution is 0.0273. The quantitative estimate of drug-likeness (QED) is 0.647. The highest BCUT2D eigenvalue weighted by molar-refractivity contribution is 5.77. The Labute approximate surface area is 199 Å². The van der Waals surface area contributed by atoms with Crippen LogP contribution in [0.1, 0.15) is 50.6 Å². The van der Waals surface area contributed by atoms with E-state index in [1.165, 1.54) is 0 Å². The Hall–Kier alpha value is -3.36. The number of ether oxygens (including phenoxy) is 2. The number of carbonyl (C=O) groups is 1. The summed E-state index contributed by atoms with van der Waals surface area (Å²) in [6.07, 6.45) is 3.44. The van der Waals surface area contributed by atoms with E-state index in [0.29, 0.717) is 56.1 Å². The summed E-state index contributed by atoms with van der Waals surface area (Å²) in [7, 11) is 1.82. The van der Waals surface area contributed by atoms with Crippen LogP contribution >= 0.6 is 0 Å². The number of allylic oxidation sites excluding steroid dienone is 1. The van der Waals surface area contributed by atoms with Gasteiger partial charge in [-0.2, -0.15) is 0 Å². The fourth-order valence-corrected chi connectivity index (χ4v) is 4.13. The maximum Gasteiger partial charge on any atom is 0.410 e. The Morgan fingerprint density at radius 2 is 2.03 bits per heavy atom. The number of aromatic nitrogens is 2. The predicted octanol–water partition coefficient (Wildman–Crippen LogP) is 5.06. The summed E-state index contributed by atoms with van der Waals surface area (Å²) in [6.45, 7) is 8.74. The van der Waals surface area contributed by atoms with Crippen molar-refractivity contribution in [3.05, 3.63) is 41.0 Å². The molecule has 4 rings (SSSR count). The summed E-state index contributed by atoms with van der Waals surface area (Å²) in [5.41, 5.74) is 3.04. The summed E-state index contributed by atoms with van der Waals surface area (Å²) in [5.74, 6) is 0.639. The van der Waals surface area contributed by atoms with Crippen molar-refractivity contribution >= 4 is 29.0 Å². The highest BCUT2D eigenvalue weighted by Gasteiger charge is 2.29. The number of nitrogens with zero attached hydrogens (tertiary/aromatic N) is 3. The number of pyridine rings is 2. The van der Waals surface area contributed by atoms with Crippen LogP contribution in [0.5, 0.6) is 5.75 Å². The van der Waals surface area contributed by atoms with Crippen LogP contribution in [0.2, 0.25) is 0 Å². The highest BCUT2D eigenvalue weighted by atomic mass is 19.1. The number of amides is 1. The van der Waals surface area contributed by atoms with Gasteiger partial charge in [-0.3, -0.25) is 0 Å². The molecule has 0 fully saturated rings. The Balaban J connectivity index is 1.66. The van der Waals surface area contributed by atoms with E-state index >= 15 is 4.39 Å². The second kappa shape index (κ2) is 9.48. The fourth-order valence-electron chi connectivity index (χ4n) is 4.13. The molecule has 1 amide bonds. The molecule has 9 heteroatoms. The van der Waals surface area contributed by atoms with Crippen LogP contribution in [0, 0.1) is 12.7 Å². The van der Waals surface area contributed by atoms with Crippen LogP contribution < -0.4 is 15.4 Å². The molecule has 34 heavy (non-hydrogen) atoms. The van der Waals surface area contributed by atoms with Gasteiger partial charge in [0, 0.05) is 44.0 Å². The molecular formula is C25H32FN5O3. The van der Waals surface area contributed by atoms with E-state index in [2.05, 4.69) is 20.6 Å². The zero-order valence-corrected chi connectivity index (χ0v) is 20.4. The van der Waals surface area contributed by atoms with Gasteiger partial charge in [-0.15, -0.1) is 0 Å². The molecule has 0 radical (unpaired) electrons. The van der Waals surface area contributed by atoms with E-state index in [-0.39, 0.29) is 11.9 Å². The summed E-state index contributed by atoms with van der Waals surface area (Å²) >= 11 is 0. The average Bonchev–Trinajstić information content (AvgIpc) is 3.07. The molecule has 0 atom stereocenters. The molecule has 0 aliphatic carbocycles. The highest BCUT2D eigenvalue weighted by Crippen LogP contribution is 2.40. The van der Waals surface area contributed by atoms with Crippen LogP contribution in [0.3, 0.4) is 0 Å². The zero-order valence-electron chi connectivity index (χ0n) is 20.4. The smallest absolute Gasteiger partial charge is 0.410 e. The van der Waals surface area contributed by atoms with Gasteiger partial charge in [0.1, 0.15) is 11.4 Å². The molecule has 0 aromatic carbocycles. The average molecular weight is 470 g/mol. The van der Waals surface area contributed by atoms with Crippen LogP contribution in [-0.2, 0) is 11.2 Å². The Kier molecular flexibility index (Phi) is 6.63. The van der Waals surface area contributed by atoms with Crippen LogP contribution in [0.15, 0.2) is 18.2 Å². The zero-order chi connectivity index (χ0) is 24.5. The van der Waals surface area contributed by atoms with Crippen molar-refractivity contribution < 1.29 is 18.7 Å².